The lowest BCUT2D eigenvalue weighted by atomic mass is 9.76. The van der Waals surface area contributed by atoms with Crippen molar-refractivity contribution in [3.05, 3.63) is 0 Å². The minimum atomic E-state index is -0.247. The van der Waals surface area contributed by atoms with Crippen LogP contribution in [-0.2, 0) is 14.3 Å². The second-order valence-electron chi connectivity index (χ2n) is 3.86. The maximum Gasteiger partial charge on any atom is 0.312 e. The molecule has 0 unspecified atom stereocenters. The minimum Gasteiger partial charge on any atom is -0.466 e. The summed E-state index contributed by atoms with van der Waals surface area (Å²) in [6, 6.07) is 0. The van der Waals surface area contributed by atoms with Crippen LogP contribution in [0.2, 0.25) is 0 Å². The maximum atomic E-state index is 11.8. The molecule has 1 rings (SSSR count). The lowest BCUT2D eigenvalue weighted by Crippen LogP contribution is -2.38. The van der Waals surface area contributed by atoms with E-state index >= 15 is 0 Å². The first-order chi connectivity index (χ1) is 6.75. The Morgan fingerprint density at radius 3 is 2.50 bits per heavy atom. The smallest absolute Gasteiger partial charge is 0.312 e. The second-order valence-corrected chi connectivity index (χ2v) is 3.86. The normalized spacial score (nSPS) is 20.4. The summed E-state index contributed by atoms with van der Waals surface area (Å²) in [5, 5.41) is 0. The van der Waals surface area contributed by atoms with Crippen LogP contribution in [0.25, 0.3) is 0 Å². The van der Waals surface area contributed by atoms with Gasteiger partial charge in [0.2, 0.25) is 0 Å². The van der Waals surface area contributed by atoms with E-state index in [-0.39, 0.29) is 11.4 Å². The maximum absolute atomic E-state index is 11.8. The Morgan fingerprint density at radius 2 is 2.00 bits per heavy atom. The molecular weight excluding hydrogens is 180 g/mol. The van der Waals surface area contributed by atoms with Crippen molar-refractivity contribution in [1.29, 1.82) is 0 Å². The number of hydrogen-bond acceptors (Lipinski definition) is 3. The molecule has 0 amide bonds. The molecule has 1 aliphatic heterocycles. The van der Waals surface area contributed by atoms with Gasteiger partial charge in [0.05, 0.1) is 12.0 Å². The van der Waals surface area contributed by atoms with Gasteiger partial charge in [-0.2, -0.15) is 0 Å². The number of rotatable bonds is 4. The standard InChI is InChI=1S/C11H20O3/c1-3-5-11(10(12)14-4-2)6-8-13-9-7-11/h3-9H2,1-2H3. The van der Waals surface area contributed by atoms with Gasteiger partial charge in [0, 0.05) is 13.2 Å². The average Bonchev–Trinajstić information content (AvgIpc) is 2.20. The van der Waals surface area contributed by atoms with Crippen LogP contribution >= 0.6 is 0 Å². The molecule has 1 saturated heterocycles. The SMILES string of the molecule is CCCC1(C(=O)OCC)CCOCC1. The molecule has 0 spiro atoms. The molecule has 0 aromatic rings. The van der Waals surface area contributed by atoms with E-state index in [1.54, 1.807) is 0 Å². The third-order valence-electron chi connectivity index (χ3n) is 2.89. The van der Waals surface area contributed by atoms with Crippen LogP contribution in [0.5, 0.6) is 0 Å². The van der Waals surface area contributed by atoms with Crippen LogP contribution in [0.3, 0.4) is 0 Å². The molecule has 3 nitrogen and oxygen atoms in total. The van der Waals surface area contributed by atoms with Gasteiger partial charge in [0.15, 0.2) is 0 Å². The zero-order valence-electron chi connectivity index (χ0n) is 9.17. The van der Waals surface area contributed by atoms with Gasteiger partial charge < -0.3 is 9.47 Å². The highest BCUT2D eigenvalue weighted by molar-refractivity contribution is 5.76. The molecular formula is C11H20O3. The van der Waals surface area contributed by atoms with Crippen molar-refractivity contribution in [2.24, 2.45) is 5.41 Å². The van der Waals surface area contributed by atoms with E-state index in [0.717, 1.165) is 25.7 Å². The average molecular weight is 200 g/mol. The van der Waals surface area contributed by atoms with E-state index in [0.29, 0.717) is 19.8 Å². The first kappa shape index (κ1) is 11.5. The van der Waals surface area contributed by atoms with Crippen LogP contribution in [0, 0.1) is 5.41 Å². The number of hydrogen-bond donors (Lipinski definition) is 0. The highest BCUT2D eigenvalue weighted by Crippen LogP contribution is 2.36. The third-order valence-corrected chi connectivity index (χ3v) is 2.89. The van der Waals surface area contributed by atoms with Crippen molar-refractivity contribution in [2.45, 2.75) is 39.5 Å². The minimum absolute atomic E-state index is 0.0230. The molecule has 0 aliphatic carbocycles. The van der Waals surface area contributed by atoms with Crippen molar-refractivity contribution >= 4 is 5.97 Å². The summed E-state index contributed by atoms with van der Waals surface area (Å²) in [5.74, 6) is -0.0230. The quantitative estimate of drug-likeness (QED) is 0.652. The molecule has 1 fully saturated rings. The lowest BCUT2D eigenvalue weighted by molar-refractivity contribution is -0.162. The summed E-state index contributed by atoms with van der Waals surface area (Å²) in [7, 11) is 0. The van der Waals surface area contributed by atoms with Crippen LogP contribution in [-0.4, -0.2) is 25.8 Å². The van der Waals surface area contributed by atoms with Crippen molar-refractivity contribution < 1.29 is 14.3 Å². The largest absolute Gasteiger partial charge is 0.466 e. The Hall–Kier alpha value is -0.570. The highest BCUT2D eigenvalue weighted by atomic mass is 16.5. The molecule has 82 valence electrons. The van der Waals surface area contributed by atoms with Crippen LogP contribution < -0.4 is 0 Å². The van der Waals surface area contributed by atoms with E-state index in [2.05, 4.69) is 6.92 Å². The molecule has 1 aliphatic rings. The van der Waals surface area contributed by atoms with Gasteiger partial charge in [-0.05, 0) is 26.2 Å². The molecule has 0 aromatic carbocycles. The number of ether oxygens (including phenoxy) is 2. The molecule has 1 heterocycles. The fourth-order valence-corrected chi connectivity index (χ4v) is 2.08. The lowest BCUT2D eigenvalue weighted by Gasteiger charge is -2.34. The van der Waals surface area contributed by atoms with E-state index in [9.17, 15) is 4.79 Å². The zero-order chi connectivity index (χ0) is 10.4. The van der Waals surface area contributed by atoms with E-state index in [1.807, 2.05) is 6.92 Å². The van der Waals surface area contributed by atoms with E-state index in [4.69, 9.17) is 9.47 Å². The van der Waals surface area contributed by atoms with Crippen molar-refractivity contribution in [1.82, 2.24) is 0 Å². The summed E-state index contributed by atoms with van der Waals surface area (Å²) >= 11 is 0. The summed E-state index contributed by atoms with van der Waals surface area (Å²) in [6.45, 7) is 5.83. The first-order valence-corrected chi connectivity index (χ1v) is 5.50. The Balaban J connectivity index is 2.63. The first-order valence-electron chi connectivity index (χ1n) is 5.50. The van der Waals surface area contributed by atoms with Gasteiger partial charge in [-0.3, -0.25) is 4.79 Å². The molecule has 14 heavy (non-hydrogen) atoms. The van der Waals surface area contributed by atoms with Crippen molar-refractivity contribution in [3.63, 3.8) is 0 Å². The fraction of sp³-hybridized carbons (Fsp3) is 0.909. The topological polar surface area (TPSA) is 35.5 Å². The van der Waals surface area contributed by atoms with Crippen LogP contribution in [0.1, 0.15) is 39.5 Å². The molecule has 0 bridgehead atoms. The molecule has 0 radical (unpaired) electrons. The Labute approximate surface area is 85.8 Å². The monoisotopic (exact) mass is 200 g/mol. The predicted octanol–water partition coefficient (Wildman–Crippen LogP) is 2.15. The van der Waals surface area contributed by atoms with Gasteiger partial charge in [-0.1, -0.05) is 13.3 Å². The third kappa shape index (κ3) is 2.47. The number of carbonyl (C=O) groups excluding carboxylic acids is 1. The molecule has 0 aromatic heterocycles. The summed E-state index contributed by atoms with van der Waals surface area (Å²) in [4.78, 5) is 11.8. The van der Waals surface area contributed by atoms with Gasteiger partial charge in [0.25, 0.3) is 0 Å². The van der Waals surface area contributed by atoms with Crippen LogP contribution in [0.4, 0.5) is 0 Å². The molecule has 0 atom stereocenters. The molecule has 0 saturated carbocycles. The summed E-state index contributed by atoms with van der Waals surface area (Å²) in [5.41, 5.74) is -0.247. The summed E-state index contributed by atoms with van der Waals surface area (Å²) in [6.07, 6.45) is 3.59. The highest BCUT2D eigenvalue weighted by Gasteiger charge is 2.40. The van der Waals surface area contributed by atoms with Gasteiger partial charge in [-0.15, -0.1) is 0 Å². The van der Waals surface area contributed by atoms with Crippen molar-refractivity contribution in [2.75, 3.05) is 19.8 Å². The van der Waals surface area contributed by atoms with Crippen LogP contribution in [0.15, 0.2) is 0 Å². The van der Waals surface area contributed by atoms with Gasteiger partial charge in [-0.25, -0.2) is 0 Å². The van der Waals surface area contributed by atoms with Crippen molar-refractivity contribution in [3.8, 4) is 0 Å². The zero-order valence-corrected chi connectivity index (χ0v) is 9.17. The predicted molar refractivity (Wildman–Crippen MR) is 54.0 cm³/mol. The Kier molecular flexibility index (Phi) is 4.39. The second kappa shape index (κ2) is 5.35. The number of carbonyl (C=O) groups is 1. The van der Waals surface area contributed by atoms with E-state index in [1.165, 1.54) is 0 Å². The molecule has 0 N–H and O–H groups in total. The van der Waals surface area contributed by atoms with Gasteiger partial charge in [0.1, 0.15) is 0 Å². The summed E-state index contributed by atoms with van der Waals surface area (Å²) < 4.78 is 10.4. The van der Waals surface area contributed by atoms with E-state index < -0.39 is 0 Å². The molecule has 3 heteroatoms. The Morgan fingerprint density at radius 1 is 1.36 bits per heavy atom. The fourth-order valence-electron chi connectivity index (χ4n) is 2.08. The Bertz CT molecular complexity index is 177. The number of esters is 1. The van der Waals surface area contributed by atoms with Gasteiger partial charge >= 0.3 is 5.97 Å².